The Balaban J connectivity index is 1.19. The summed E-state index contributed by atoms with van der Waals surface area (Å²) in [5.74, 6) is 0.744. The first kappa shape index (κ1) is 26.2. The standard InChI is InChI=1S/C43H29N3O/c1-43(2)33-17-9-6-15-31(33)40-38(43)39(44-42(45-40)27-12-4-3-5-13-27)26-20-22-28(23-21-26)46-34-18-10-7-16-32(34)37-35(46)25-24-30-29-14-8-11-19-36(29)47-41(30)37/h3-25H,1-2H3. The third-order valence-electron chi connectivity index (χ3n) is 10.0. The van der Waals surface area contributed by atoms with Crippen molar-refractivity contribution in [3.63, 3.8) is 0 Å². The lowest BCUT2D eigenvalue weighted by atomic mass is 9.81. The minimum Gasteiger partial charge on any atom is -0.455 e. The average Bonchev–Trinajstić information content (AvgIpc) is 3.74. The van der Waals surface area contributed by atoms with E-state index in [4.69, 9.17) is 14.4 Å². The van der Waals surface area contributed by atoms with Crippen LogP contribution < -0.4 is 0 Å². The summed E-state index contributed by atoms with van der Waals surface area (Å²) in [7, 11) is 0. The zero-order valence-electron chi connectivity index (χ0n) is 26.0. The Morgan fingerprint density at radius 1 is 0.553 bits per heavy atom. The van der Waals surface area contributed by atoms with Crippen molar-refractivity contribution in [2.24, 2.45) is 0 Å². The second kappa shape index (κ2) is 9.51. The lowest BCUT2D eigenvalue weighted by Crippen LogP contribution is -2.17. The van der Waals surface area contributed by atoms with E-state index in [0.717, 1.165) is 72.4 Å². The third-order valence-corrected chi connectivity index (χ3v) is 10.0. The fourth-order valence-corrected chi connectivity index (χ4v) is 7.82. The number of hydrogen-bond acceptors (Lipinski definition) is 3. The molecule has 10 rings (SSSR count). The first-order valence-electron chi connectivity index (χ1n) is 16.1. The highest BCUT2D eigenvalue weighted by molar-refractivity contribution is 6.23. The molecule has 3 heterocycles. The van der Waals surface area contributed by atoms with Crippen molar-refractivity contribution in [3.05, 3.63) is 151 Å². The number of para-hydroxylation sites is 2. The zero-order chi connectivity index (χ0) is 31.3. The van der Waals surface area contributed by atoms with Gasteiger partial charge in [0.15, 0.2) is 5.82 Å². The molecule has 1 aliphatic rings. The largest absolute Gasteiger partial charge is 0.455 e. The molecular formula is C43H29N3O. The van der Waals surface area contributed by atoms with Crippen molar-refractivity contribution in [3.8, 4) is 39.6 Å². The molecule has 9 aromatic rings. The summed E-state index contributed by atoms with van der Waals surface area (Å²) < 4.78 is 8.86. The molecule has 0 bridgehead atoms. The van der Waals surface area contributed by atoms with Gasteiger partial charge < -0.3 is 8.98 Å². The Hall–Kier alpha value is -6.00. The molecule has 0 saturated carbocycles. The molecule has 0 spiro atoms. The summed E-state index contributed by atoms with van der Waals surface area (Å²) in [5.41, 5.74) is 12.7. The van der Waals surface area contributed by atoms with Crippen molar-refractivity contribution in [2.75, 3.05) is 0 Å². The van der Waals surface area contributed by atoms with E-state index in [1.165, 1.54) is 22.1 Å². The Kier molecular flexibility index (Phi) is 5.31. The lowest BCUT2D eigenvalue weighted by molar-refractivity contribution is 0.658. The van der Waals surface area contributed by atoms with Gasteiger partial charge in [0.2, 0.25) is 0 Å². The SMILES string of the molecule is CC1(C)c2ccccc2-c2nc(-c3ccccc3)nc(-c3ccc(-n4c5ccccc5c5c6oc7ccccc7c6ccc54)cc3)c21. The molecule has 222 valence electrons. The number of aromatic nitrogens is 3. The molecule has 3 aromatic heterocycles. The van der Waals surface area contributed by atoms with E-state index in [9.17, 15) is 0 Å². The van der Waals surface area contributed by atoms with Gasteiger partial charge in [-0.3, -0.25) is 0 Å². The number of hydrogen-bond donors (Lipinski definition) is 0. The van der Waals surface area contributed by atoms with E-state index in [0.29, 0.717) is 0 Å². The fourth-order valence-electron chi connectivity index (χ4n) is 7.82. The molecule has 4 heteroatoms. The van der Waals surface area contributed by atoms with Crippen LogP contribution in [0, 0.1) is 0 Å². The maximum Gasteiger partial charge on any atom is 0.160 e. The van der Waals surface area contributed by atoms with Crippen molar-refractivity contribution in [1.82, 2.24) is 14.5 Å². The van der Waals surface area contributed by atoms with Gasteiger partial charge in [0.1, 0.15) is 11.2 Å². The predicted octanol–water partition coefficient (Wildman–Crippen LogP) is 11.1. The van der Waals surface area contributed by atoms with Crippen molar-refractivity contribution >= 4 is 43.7 Å². The smallest absolute Gasteiger partial charge is 0.160 e. The Morgan fingerprint density at radius 2 is 1.26 bits per heavy atom. The molecule has 0 aliphatic heterocycles. The van der Waals surface area contributed by atoms with E-state index >= 15 is 0 Å². The van der Waals surface area contributed by atoms with Gasteiger partial charge in [-0.1, -0.05) is 117 Å². The van der Waals surface area contributed by atoms with Gasteiger partial charge in [0.05, 0.1) is 27.8 Å². The van der Waals surface area contributed by atoms with Crippen LogP contribution in [0.4, 0.5) is 0 Å². The number of rotatable bonds is 3. The molecule has 47 heavy (non-hydrogen) atoms. The molecule has 0 amide bonds. The summed E-state index contributed by atoms with van der Waals surface area (Å²) in [6.45, 7) is 4.58. The molecular weight excluding hydrogens is 574 g/mol. The van der Waals surface area contributed by atoms with Crippen LogP contribution in [-0.2, 0) is 5.41 Å². The van der Waals surface area contributed by atoms with Crippen LogP contribution >= 0.6 is 0 Å². The Labute approximate surface area is 271 Å². The summed E-state index contributed by atoms with van der Waals surface area (Å²) in [6.07, 6.45) is 0. The van der Waals surface area contributed by atoms with Gasteiger partial charge in [-0.25, -0.2) is 9.97 Å². The zero-order valence-corrected chi connectivity index (χ0v) is 26.0. The first-order chi connectivity index (χ1) is 23.1. The molecule has 0 radical (unpaired) electrons. The first-order valence-corrected chi connectivity index (χ1v) is 16.1. The fraction of sp³-hybridized carbons (Fsp3) is 0.0698. The summed E-state index contributed by atoms with van der Waals surface area (Å²) in [4.78, 5) is 10.5. The van der Waals surface area contributed by atoms with Crippen LogP contribution in [0.5, 0.6) is 0 Å². The topological polar surface area (TPSA) is 43.9 Å². The van der Waals surface area contributed by atoms with Gasteiger partial charge in [-0.15, -0.1) is 0 Å². The van der Waals surface area contributed by atoms with E-state index in [1.807, 2.05) is 30.3 Å². The van der Waals surface area contributed by atoms with E-state index in [-0.39, 0.29) is 5.41 Å². The maximum atomic E-state index is 6.51. The number of nitrogens with zero attached hydrogens (tertiary/aromatic N) is 3. The Bertz CT molecular complexity index is 2700. The predicted molar refractivity (Wildman–Crippen MR) is 192 cm³/mol. The van der Waals surface area contributed by atoms with Gasteiger partial charge in [0, 0.05) is 49.5 Å². The molecule has 0 unspecified atom stereocenters. The van der Waals surface area contributed by atoms with E-state index in [1.54, 1.807) is 0 Å². The molecule has 0 saturated heterocycles. The molecule has 0 fully saturated rings. The minimum atomic E-state index is -0.236. The van der Waals surface area contributed by atoms with Gasteiger partial charge in [0.25, 0.3) is 0 Å². The lowest BCUT2D eigenvalue weighted by Gasteiger charge is -2.24. The summed E-state index contributed by atoms with van der Waals surface area (Å²) in [6, 6.07) is 49.1. The number of furan rings is 1. The summed E-state index contributed by atoms with van der Waals surface area (Å²) >= 11 is 0. The molecule has 0 N–H and O–H groups in total. The molecule has 0 atom stereocenters. The molecule has 6 aromatic carbocycles. The molecule has 4 nitrogen and oxygen atoms in total. The van der Waals surface area contributed by atoms with Crippen LogP contribution in [0.25, 0.3) is 83.3 Å². The number of fused-ring (bicyclic) bond motifs is 10. The highest BCUT2D eigenvalue weighted by Crippen LogP contribution is 2.51. The quantitative estimate of drug-likeness (QED) is 0.202. The Morgan fingerprint density at radius 3 is 2.11 bits per heavy atom. The van der Waals surface area contributed by atoms with Gasteiger partial charge in [-0.2, -0.15) is 0 Å². The van der Waals surface area contributed by atoms with Crippen LogP contribution in [0.3, 0.4) is 0 Å². The summed E-state index contributed by atoms with van der Waals surface area (Å²) in [5, 5.41) is 4.60. The van der Waals surface area contributed by atoms with Crippen LogP contribution in [-0.4, -0.2) is 14.5 Å². The highest BCUT2D eigenvalue weighted by atomic mass is 16.3. The second-order valence-corrected chi connectivity index (χ2v) is 13.0. The second-order valence-electron chi connectivity index (χ2n) is 13.0. The van der Waals surface area contributed by atoms with Crippen molar-refractivity contribution < 1.29 is 4.42 Å². The average molecular weight is 604 g/mol. The van der Waals surface area contributed by atoms with Crippen LogP contribution in [0.15, 0.2) is 144 Å². The highest BCUT2D eigenvalue weighted by Gasteiger charge is 2.40. The monoisotopic (exact) mass is 603 g/mol. The van der Waals surface area contributed by atoms with Crippen LogP contribution in [0.2, 0.25) is 0 Å². The third kappa shape index (κ3) is 3.64. The maximum absolute atomic E-state index is 6.51. The van der Waals surface area contributed by atoms with E-state index < -0.39 is 0 Å². The van der Waals surface area contributed by atoms with Crippen molar-refractivity contribution in [2.45, 2.75) is 19.3 Å². The normalized spacial score (nSPS) is 13.5. The van der Waals surface area contributed by atoms with E-state index in [2.05, 4.69) is 128 Å². The van der Waals surface area contributed by atoms with Gasteiger partial charge >= 0.3 is 0 Å². The molecule has 1 aliphatic carbocycles. The van der Waals surface area contributed by atoms with Gasteiger partial charge in [-0.05, 0) is 42.0 Å². The minimum absolute atomic E-state index is 0.236. The number of benzene rings is 6. The van der Waals surface area contributed by atoms with Crippen LogP contribution in [0.1, 0.15) is 25.0 Å². The van der Waals surface area contributed by atoms with Crippen molar-refractivity contribution in [1.29, 1.82) is 0 Å².